The lowest BCUT2D eigenvalue weighted by molar-refractivity contribution is -0.132. The van der Waals surface area contributed by atoms with Crippen LogP contribution < -0.4 is 10.6 Å². The molecule has 0 atom stereocenters. The van der Waals surface area contributed by atoms with Crippen LogP contribution in [0.5, 0.6) is 0 Å². The number of fused-ring (bicyclic) bond motifs is 1. The van der Waals surface area contributed by atoms with Crippen molar-refractivity contribution in [3.8, 4) is 0 Å². The quantitative estimate of drug-likeness (QED) is 0.330. The molecule has 0 aromatic heterocycles. The number of piperidine rings is 1. The maximum absolute atomic E-state index is 12.7. The number of aliphatic imine (C=N–C) groups is 1. The Morgan fingerprint density at radius 2 is 1.94 bits per heavy atom. The fraction of sp³-hybridized carbons (Fsp3) is 0.680. The van der Waals surface area contributed by atoms with Gasteiger partial charge in [0.2, 0.25) is 5.91 Å². The predicted molar refractivity (Wildman–Crippen MR) is 130 cm³/mol. The molecule has 2 N–H and O–H groups in total. The van der Waals surface area contributed by atoms with E-state index in [1.165, 1.54) is 11.1 Å². The molecule has 1 amide bonds. The minimum atomic E-state index is 0.244. The highest BCUT2D eigenvalue weighted by Gasteiger charge is 2.21. The molecule has 2 aliphatic heterocycles. The molecule has 0 bridgehead atoms. The molecule has 0 spiro atoms. The molecular formula is C25H41N5O2. The number of nitrogens with one attached hydrogen (secondary N) is 2. The molecule has 1 aromatic rings. The van der Waals surface area contributed by atoms with Gasteiger partial charge in [-0.2, -0.15) is 0 Å². The Balaban J connectivity index is 1.37. The van der Waals surface area contributed by atoms with Gasteiger partial charge < -0.3 is 25.2 Å². The number of carbonyl (C=O) groups excluding carboxylic acids is 1. The lowest BCUT2D eigenvalue weighted by Gasteiger charge is -2.33. The van der Waals surface area contributed by atoms with E-state index in [4.69, 9.17) is 9.73 Å². The Morgan fingerprint density at radius 3 is 2.69 bits per heavy atom. The van der Waals surface area contributed by atoms with Crippen molar-refractivity contribution < 1.29 is 9.53 Å². The fourth-order valence-electron chi connectivity index (χ4n) is 4.53. The summed E-state index contributed by atoms with van der Waals surface area (Å²) in [5.41, 5.74) is 2.66. The van der Waals surface area contributed by atoms with Gasteiger partial charge in [0, 0.05) is 72.0 Å². The van der Waals surface area contributed by atoms with E-state index in [-0.39, 0.29) is 5.91 Å². The van der Waals surface area contributed by atoms with Crippen molar-refractivity contribution in [3.63, 3.8) is 0 Å². The SMILES string of the molecule is CCNC(=NCCCC(=O)N1CCc2ccccc2C1)NC1CCN(CCCOC)CC1. The van der Waals surface area contributed by atoms with E-state index < -0.39 is 0 Å². The molecule has 7 nitrogen and oxygen atoms in total. The van der Waals surface area contributed by atoms with Gasteiger partial charge in [-0.1, -0.05) is 24.3 Å². The largest absolute Gasteiger partial charge is 0.385 e. The maximum atomic E-state index is 12.7. The van der Waals surface area contributed by atoms with Crippen LogP contribution in [0.1, 0.15) is 50.2 Å². The van der Waals surface area contributed by atoms with Crippen molar-refractivity contribution in [2.45, 2.75) is 58.0 Å². The molecule has 1 aromatic carbocycles. The van der Waals surface area contributed by atoms with Crippen LogP contribution in [-0.4, -0.2) is 80.7 Å². The summed E-state index contributed by atoms with van der Waals surface area (Å²) in [5.74, 6) is 1.12. The number of carbonyl (C=O) groups is 1. The first-order chi connectivity index (χ1) is 15.7. The van der Waals surface area contributed by atoms with Crippen LogP contribution in [0.2, 0.25) is 0 Å². The summed E-state index contributed by atoms with van der Waals surface area (Å²) in [6.45, 7) is 9.36. The third-order valence-corrected chi connectivity index (χ3v) is 6.40. The molecule has 0 aliphatic carbocycles. The van der Waals surface area contributed by atoms with E-state index in [1.54, 1.807) is 7.11 Å². The Bertz CT molecular complexity index is 731. The number of nitrogens with zero attached hydrogens (tertiary/aromatic N) is 3. The molecule has 0 saturated carbocycles. The predicted octanol–water partition coefficient (Wildman–Crippen LogP) is 2.41. The summed E-state index contributed by atoms with van der Waals surface area (Å²) in [4.78, 5) is 21.9. The highest BCUT2D eigenvalue weighted by molar-refractivity contribution is 5.80. The van der Waals surface area contributed by atoms with Crippen molar-refractivity contribution in [1.82, 2.24) is 20.4 Å². The summed E-state index contributed by atoms with van der Waals surface area (Å²) >= 11 is 0. The maximum Gasteiger partial charge on any atom is 0.222 e. The summed E-state index contributed by atoms with van der Waals surface area (Å²) in [6, 6.07) is 8.91. The Labute approximate surface area is 193 Å². The molecular weight excluding hydrogens is 402 g/mol. The van der Waals surface area contributed by atoms with Crippen molar-refractivity contribution in [2.75, 3.05) is 53.0 Å². The van der Waals surface area contributed by atoms with Crippen molar-refractivity contribution in [3.05, 3.63) is 35.4 Å². The molecule has 1 fully saturated rings. The number of methoxy groups -OCH3 is 1. The van der Waals surface area contributed by atoms with Crippen LogP contribution in [0.4, 0.5) is 0 Å². The van der Waals surface area contributed by atoms with Crippen molar-refractivity contribution in [2.24, 2.45) is 4.99 Å². The number of hydrogen-bond acceptors (Lipinski definition) is 4. The molecule has 7 heteroatoms. The average molecular weight is 444 g/mol. The number of guanidine groups is 1. The zero-order valence-electron chi connectivity index (χ0n) is 19.9. The van der Waals surface area contributed by atoms with Crippen LogP contribution in [-0.2, 0) is 22.5 Å². The van der Waals surface area contributed by atoms with Gasteiger partial charge in [0.25, 0.3) is 0 Å². The molecule has 1 saturated heterocycles. The normalized spacial score (nSPS) is 17.8. The lowest BCUT2D eigenvalue weighted by atomic mass is 9.99. The summed E-state index contributed by atoms with van der Waals surface area (Å²) in [5, 5.41) is 6.96. The van der Waals surface area contributed by atoms with Crippen molar-refractivity contribution >= 4 is 11.9 Å². The number of benzene rings is 1. The topological polar surface area (TPSA) is 69.2 Å². The summed E-state index contributed by atoms with van der Waals surface area (Å²) in [6.07, 6.45) is 5.66. The molecule has 178 valence electrons. The zero-order valence-corrected chi connectivity index (χ0v) is 19.9. The first-order valence-corrected chi connectivity index (χ1v) is 12.3. The van der Waals surface area contributed by atoms with E-state index in [0.717, 1.165) is 83.9 Å². The van der Waals surface area contributed by atoms with Gasteiger partial charge in [-0.25, -0.2) is 0 Å². The average Bonchev–Trinajstić information content (AvgIpc) is 2.82. The monoisotopic (exact) mass is 443 g/mol. The smallest absolute Gasteiger partial charge is 0.222 e. The van der Waals surface area contributed by atoms with Crippen LogP contribution in [0.15, 0.2) is 29.3 Å². The van der Waals surface area contributed by atoms with Gasteiger partial charge in [0.1, 0.15) is 0 Å². The van der Waals surface area contributed by atoms with Crippen LogP contribution in [0.25, 0.3) is 0 Å². The fourth-order valence-corrected chi connectivity index (χ4v) is 4.53. The number of amides is 1. The molecule has 2 heterocycles. The second kappa shape index (κ2) is 13.4. The van der Waals surface area contributed by atoms with Gasteiger partial charge in [-0.05, 0) is 50.2 Å². The summed E-state index contributed by atoms with van der Waals surface area (Å²) in [7, 11) is 1.76. The van der Waals surface area contributed by atoms with Gasteiger partial charge in [-0.15, -0.1) is 0 Å². The highest BCUT2D eigenvalue weighted by Crippen LogP contribution is 2.19. The Morgan fingerprint density at radius 1 is 1.16 bits per heavy atom. The minimum Gasteiger partial charge on any atom is -0.385 e. The van der Waals surface area contributed by atoms with Gasteiger partial charge in [0.15, 0.2) is 5.96 Å². The minimum absolute atomic E-state index is 0.244. The Hall–Kier alpha value is -2.12. The number of ether oxygens (including phenoxy) is 1. The third kappa shape index (κ3) is 7.78. The van der Waals surface area contributed by atoms with Crippen LogP contribution >= 0.6 is 0 Å². The zero-order chi connectivity index (χ0) is 22.6. The summed E-state index contributed by atoms with van der Waals surface area (Å²) < 4.78 is 5.16. The third-order valence-electron chi connectivity index (χ3n) is 6.40. The highest BCUT2D eigenvalue weighted by atomic mass is 16.5. The van der Waals surface area contributed by atoms with E-state index >= 15 is 0 Å². The Kier molecular flexibility index (Phi) is 10.3. The molecule has 32 heavy (non-hydrogen) atoms. The first-order valence-electron chi connectivity index (χ1n) is 12.3. The van der Waals surface area contributed by atoms with Gasteiger partial charge >= 0.3 is 0 Å². The van der Waals surface area contributed by atoms with Gasteiger partial charge in [-0.3, -0.25) is 9.79 Å². The van der Waals surface area contributed by atoms with E-state index in [9.17, 15) is 4.79 Å². The van der Waals surface area contributed by atoms with Crippen molar-refractivity contribution in [1.29, 1.82) is 0 Å². The number of likely N-dealkylation sites (tertiary alicyclic amines) is 1. The van der Waals surface area contributed by atoms with E-state index in [2.05, 4.69) is 46.7 Å². The standard InChI is InChI=1S/C25H41N5O2/c1-3-26-25(28-23-12-16-29(17-13-23)15-7-19-32-2)27-14-6-10-24(31)30-18-11-21-8-4-5-9-22(21)20-30/h4-5,8-9,23H,3,6-7,10-20H2,1-2H3,(H2,26,27,28). The number of hydrogen-bond donors (Lipinski definition) is 2. The van der Waals surface area contributed by atoms with E-state index in [0.29, 0.717) is 19.0 Å². The second-order valence-corrected chi connectivity index (χ2v) is 8.80. The van der Waals surface area contributed by atoms with Crippen LogP contribution in [0, 0.1) is 0 Å². The molecule has 0 unspecified atom stereocenters. The van der Waals surface area contributed by atoms with Crippen LogP contribution in [0.3, 0.4) is 0 Å². The molecule has 2 aliphatic rings. The molecule has 0 radical (unpaired) electrons. The first kappa shape index (κ1) is 24.5. The van der Waals surface area contributed by atoms with E-state index in [1.807, 2.05) is 4.90 Å². The second-order valence-electron chi connectivity index (χ2n) is 8.80. The number of rotatable bonds is 10. The van der Waals surface area contributed by atoms with Gasteiger partial charge in [0.05, 0.1) is 0 Å². The lowest BCUT2D eigenvalue weighted by Crippen LogP contribution is -2.48. The molecule has 3 rings (SSSR count).